The highest BCUT2D eigenvalue weighted by atomic mass is 79.9. The first-order valence-corrected chi connectivity index (χ1v) is 6.23. The van der Waals surface area contributed by atoms with Crippen molar-refractivity contribution < 1.29 is 18.3 Å². The first-order valence-electron chi connectivity index (χ1n) is 3.55. The van der Waals surface area contributed by atoms with Crippen molar-refractivity contribution in [3.63, 3.8) is 0 Å². The molecule has 0 spiro atoms. The molecule has 0 aliphatic heterocycles. The molecule has 0 radical (unpaired) electrons. The van der Waals surface area contributed by atoms with E-state index in [0.29, 0.717) is 4.47 Å². The molecule has 1 rings (SSSR count). The predicted octanol–water partition coefficient (Wildman–Crippen LogP) is 1.55. The number of benzene rings is 1. The second-order valence-corrected chi connectivity index (χ2v) is 5.62. The molecule has 0 unspecified atom stereocenters. The summed E-state index contributed by atoms with van der Waals surface area (Å²) in [4.78, 5) is 10.6. The van der Waals surface area contributed by atoms with Crippen LogP contribution < -0.4 is 0 Å². The van der Waals surface area contributed by atoms with Crippen LogP contribution in [0.2, 0.25) is 0 Å². The zero-order valence-corrected chi connectivity index (χ0v) is 9.59. The van der Waals surface area contributed by atoms with E-state index in [9.17, 15) is 13.2 Å². The summed E-state index contributed by atoms with van der Waals surface area (Å²) in [5.41, 5.74) is -0.220. The first-order chi connectivity index (χ1) is 6.32. The summed E-state index contributed by atoms with van der Waals surface area (Å²) >= 11 is 3.07. The molecule has 14 heavy (non-hydrogen) atoms. The van der Waals surface area contributed by atoms with Gasteiger partial charge in [0, 0.05) is 10.7 Å². The van der Waals surface area contributed by atoms with Gasteiger partial charge in [-0.25, -0.2) is 13.2 Å². The molecule has 0 heterocycles. The Morgan fingerprint density at radius 1 is 1.43 bits per heavy atom. The van der Waals surface area contributed by atoms with Gasteiger partial charge in [-0.05, 0) is 18.2 Å². The maximum Gasteiger partial charge on any atom is 0.337 e. The quantitative estimate of drug-likeness (QED) is 0.891. The Labute approximate surface area is 89.6 Å². The number of carboxylic acid groups (broad SMARTS) is 1. The molecule has 0 amide bonds. The van der Waals surface area contributed by atoms with Crippen molar-refractivity contribution in [2.45, 2.75) is 4.90 Å². The zero-order chi connectivity index (χ0) is 10.9. The number of rotatable bonds is 2. The van der Waals surface area contributed by atoms with Crippen LogP contribution in [-0.4, -0.2) is 25.7 Å². The van der Waals surface area contributed by atoms with E-state index in [1.54, 1.807) is 0 Å². The van der Waals surface area contributed by atoms with Crippen molar-refractivity contribution in [3.8, 4) is 0 Å². The van der Waals surface area contributed by atoms with Crippen LogP contribution in [0.15, 0.2) is 27.6 Å². The third-order valence-corrected chi connectivity index (χ3v) is 3.22. The molecule has 1 N–H and O–H groups in total. The first kappa shape index (κ1) is 11.2. The number of carboxylic acids is 1. The highest BCUT2D eigenvalue weighted by molar-refractivity contribution is 9.10. The maximum absolute atomic E-state index is 11.2. The Bertz CT molecular complexity index is 478. The summed E-state index contributed by atoms with van der Waals surface area (Å²) < 4.78 is 22.9. The van der Waals surface area contributed by atoms with Gasteiger partial charge in [0.2, 0.25) is 0 Å². The monoisotopic (exact) mass is 278 g/mol. The fraction of sp³-hybridized carbons (Fsp3) is 0.125. The van der Waals surface area contributed by atoms with Crippen molar-refractivity contribution in [2.24, 2.45) is 0 Å². The molecular weight excluding hydrogens is 272 g/mol. The van der Waals surface area contributed by atoms with Gasteiger partial charge in [-0.1, -0.05) is 15.9 Å². The number of hydrogen-bond acceptors (Lipinski definition) is 3. The standard InChI is InChI=1S/C8H7BrO4S/c1-14(12,13)7-3-2-5(9)4-6(7)8(10)11/h2-4H,1H3,(H,10,11). The van der Waals surface area contributed by atoms with E-state index in [0.717, 1.165) is 6.26 Å². The van der Waals surface area contributed by atoms with Crippen molar-refractivity contribution in [1.82, 2.24) is 0 Å². The number of aromatic carboxylic acids is 1. The van der Waals surface area contributed by atoms with Gasteiger partial charge in [-0.3, -0.25) is 0 Å². The fourth-order valence-corrected chi connectivity index (χ4v) is 2.21. The van der Waals surface area contributed by atoms with E-state index < -0.39 is 15.8 Å². The van der Waals surface area contributed by atoms with Crippen LogP contribution in [0.5, 0.6) is 0 Å². The lowest BCUT2D eigenvalue weighted by Crippen LogP contribution is -2.07. The third-order valence-electron chi connectivity index (χ3n) is 1.57. The molecule has 0 aromatic heterocycles. The van der Waals surface area contributed by atoms with Gasteiger partial charge in [0.05, 0.1) is 10.5 Å². The molecule has 0 bridgehead atoms. The molecule has 0 saturated heterocycles. The molecule has 0 saturated carbocycles. The molecule has 1 aromatic rings. The summed E-state index contributed by atoms with van der Waals surface area (Å²) in [6.45, 7) is 0. The minimum atomic E-state index is -3.50. The Hall–Kier alpha value is -0.880. The molecule has 0 fully saturated rings. The van der Waals surface area contributed by atoms with Crippen LogP contribution in [-0.2, 0) is 9.84 Å². The Morgan fingerprint density at radius 3 is 2.43 bits per heavy atom. The second kappa shape index (κ2) is 3.70. The molecular formula is C8H7BrO4S. The number of sulfone groups is 1. The topological polar surface area (TPSA) is 71.4 Å². The van der Waals surface area contributed by atoms with E-state index in [1.807, 2.05) is 0 Å². The maximum atomic E-state index is 11.2. The summed E-state index contributed by atoms with van der Waals surface area (Å²) in [7, 11) is -3.50. The fourth-order valence-electron chi connectivity index (χ4n) is 0.993. The lowest BCUT2D eigenvalue weighted by molar-refractivity contribution is 0.0692. The lowest BCUT2D eigenvalue weighted by atomic mass is 10.2. The van der Waals surface area contributed by atoms with E-state index >= 15 is 0 Å². The van der Waals surface area contributed by atoms with Crippen molar-refractivity contribution >= 4 is 31.7 Å². The zero-order valence-electron chi connectivity index (χ0n) is 7.19. The van der Waals surface area contributed by atoms with E-state index in [1.165, 1.54) is 18.2 Å². The highest BCUT2D eigenvalue weighted by Gasteiger charge is 2.18. The van der Waals surface area contributed by atoms with Gasteiger partial charge in [-0.2, -0.15) is 0 Å². The lowest BCUT2D eigenvalue weighted by Gasteiger charge is -2.03. The number of hydrogen-bond donors (Lipinski definition) is 1. The summed E-state index contributed by atoms with van der Waals surface area (Å²) in [6, 6.07) is 4.02. The Balaban J connectivity index is 3.53. The van der Waals surface area contributed by atoms with Gasteiger partial charge in [-0.15, -0.1) is 0 Å². The Morgan fingerprint density at radius 2 is 2.00 bits per heavy atom. The molecule has 6 heteroatoms. The molecule has 4 nitrogen and oxygen atoms in total. The van der Waals surface area contributed by atoms with Crippen LogP contribution in [0.3, 0.4) is 0 Å². The average molecular weight is 279 g/mol. The van der Waals surface area contributed by atoms with E-state index in [-0.39, 0.29) is 10.5 Å². The number of halogens is 1. The summed E-state index contributed by atoms with van der Waals surface area (Å²) in [5.74, 6) is -1.26. The van der Waals surface area contributed by atoms with Crippen LogP contribution in [0.1, 0.15) is 10.4 Å². The third kappa shape index (κ3) is 2.33. The minimum absolute atomic E-state index is 0.173. The summed E-state index contributed by atoms with van der Waals surface area (Å²) in [5, 5.41) is 8.77. The average Bonchev–Trinajstić information content (AvgIpc) is 2.01. The molecule has 0 atom stereocenters. The van der Waals surface area contributed by atoms with E-state index in [2.05, 4.69) is 15.9 Å². The molecule has 0 aliphatic rings. The molecule has 0 aliphatic carbocycles. The van der Waals surface area contributed by atoms with Crippen LogP contribution in [0, 0.1) is 0 Å². The van der Waals surface area contributed by atoms with Crippen LogP contribution >= 0.6 is 15.9 Å². The van der Waals surface area contributed by atoms with Gasteiger partial charge in [0.15, 0.2) is 9.84 Å². The minimum Gasteiger partial charge on any atom is -0.478 e. The normalized spacial score (nSPS) is 11.3. The van der Waals surface area contributed by atoms with Gasteiger partial charge in [0.25, 0.3) is 0 Å². The SMILES string of the molecule is CS(=O)(=O)c1ccc(Br)cc1C(=O)O. The molecule has 1 aromatic carbocycles. The number of carbonyl (C=O) groups is 1. The van der Waals surface area contributed by atoms with Crippen LogP contribution in [0.4, 0.5) is 0 Å². The van der Waals surface area contributed by atoms with Crippen molar-refractivity contribution in [2.75, 3.05) is 6.26 Å². The highest BCUT2D eigenvalue weighted by Crippen LogP contribution is 2.20. The van der Waals surface area contributed by atoms with Gasteiger partial charge >= 0.3 is 5.97 Å². The van der Waals surface area contributed by atoms with Crippen molar-refractivity contribution in [3.05, 3.63) is 28.2 Å². The van der Waals surface area contributed by atoms with E-state index in [4.69, 9.17) is 5.11 Å². The van der Waals surface area contributed by atoms with Crippen molar-refractivity contribution in [1.29, 1.82) is 0 Å². The molecule has 76 valence electrons. The predicted molar refractivity (Wildman–Crippen MR) is 54.2 cm³/mol. The smallest absolute Gasteiger partial charge is 0.337 e. The second-order valence-electron chi connectivity index (χ2n) is 2.72. The van der Waals surface area contributed by atoms with Crippen LogP contribution in [0.25, 0.3) is 0 Å². The summed E-state index contributed by atoms with van der Waals surface area (Å²) in [6.07, 6.45) is 0.975. The van der Waals surface area contributed by atoms with Gasteiger partial charge < -0.3 is 5.11 Å². The van der Waals surface area contributed by atoms with Gasteiger partial charge in [0.1, 0.15) is 0 Å². The Kier molecular flexibility index (Phi) is 2.96. The largest absolute Gasteiger partial charge is 0.478 e.